The summed E-state index contributed by atoms with van der Waals surface area (Å²) in [6, 6.07) is 0. The molecule has 5 nitrogen and oxygen atoms in total. The number of hydrogen-bond donors (Lipinski definition) is 3. The molecule has 1 atom stereocenters. The van der Waals surface area contributed by atoms with Crippen LogP contribution in [0.4, 0.5) is 0 Å². The maximum absolute atomic E-state index is 10.5. The summed E-state index contributed by atoms with van der Waals surface area (Å²) in [6.07, 6.45) is -0.144. The predicted octanol–water partition coefficient (Wildman–Crippen LogP) is -0.738. The number of carboxylic acid groups (broad SMARTS) is 1. The average molecular weight is 164 g/mol. The van der Waals surface area contributed by atoms with Crippen LogP contribution in [0.2, 0.25) is 0 Å². The number of carbonyl (C=O) groups excluding carboxylic acids is 1. The van der Waals surface area contributed by atoms with Crippen molar-refractivity contribution in [2.75, 3.05) is 0 Å². The highest BCUT2D eigenvalue weighted by atomic mass is 31.0. The Kier molecular flexibility index (Phi) is 4.80. The minimum absolute atomic E-state index is 0.00324. The zero-order chi connectivity index (χ0) is 7.98. The Morgan fingerprint density at radius 1 is 1.40 bits per heavy atom. The molecule has 0 aliphatic carbocycles. The Bertz CT molecular complexity index is 138. The van der Waals surface area contributed by atoms with Crippen LogP contribution in [0.15, 0.2) is 0 Å². The number of amides is 1. The van der Waals surface area contributed by atoms with E-state index in [1.807, 2.05) is 0 Å². The smallest absolute Gasteiger partial charge is 0.303 e. The number of carbonyl (C=O) groups is 2. The highest BCUT2D eigenvalue weighted by Gasteiger charge is 2.02. The van der Waals surface area contributed by atoms with E-state index in [1.165, 1.54) is 0 Å². The number of rotatable bonds is 4. The van der Waals surface area contributed by atoms with Gasteiger partial charge in [-0.3, -0.25) is 15.0 Å². The molecule has 0 saturated heterocycles. The molecule has 58 valence electrons. The monoisotopic (exact) mass is 164 g/mol. The predicted molar refractivity (Wildman–Crippen MR) is 37.9 cm³/mol. The molecule has 6 heteroatoms. The van der Waals surface area contributed by atoms with Crippen LogP contribution in [0.3, 0.4) is 0 Å². The van der Waals surface area contributed by atoms with Crippen LogP contribution in [-0.2, 0) is 9.59 Å². The maximum atomic E-state index is 10.5. The number of hydrogen-bond acceptors (Lipinski definition) is 3. The van der Waals surface area contributed by atoms with E-state index in [0.717, 1.165) is 0 Å². The van der Waals surface area contributed by atoms with Gasteiger partial charge < -0.3 is 5.11 Å². The van der Waals surface area contributed by atoms with Gasteiger partial charge in [0.05, 0.1) is 6.42 Å². The third kappa shape index (κ3) is 5.47. The molecule has 1 unspecified atom stereocenters. The first-order valence-electron chi connectivity index (χ1n) is 2.63. The van der Waals surface area contributed by atoms with Crippen molar-refractivity contribution < 1.29 is 14.7 Å². The molecule has 0 aliphatic heterocycles. The fourth-order valence-corrected chi connectivity index (χ4v) is 0.524. The molecule has 0 spiro atoms. The summed E-state index contributed by atoms with van der Waals surface area (Å²) in [5.41, 5.74) is 2.21. The molecule has 0 fully saturated rings. The second-order valence-electron chi connectivity index (χ2n) is 1.59. The second-order valence-corrected chi connectivity index (χ2v) is 1.87. The SMILES string of the molecule is O=C(O)CCC(=O)NNP. The lowest BCUT2D eigenvalue weighted by atomic mass is 10.3. The van der Waals surface area contributed by atoms with Gasteiger partial charge in [-0.25, -0.2) is 5.20 Å². The Hall–Kier alpha value is -0.670. The molecular weight excluding hydrogens is 155 g/mol. The highest BCUT2D eigenvalue weighted by Crippen LogP contribution is 1.86. The van der Waals surface area contributed by atoms with Gasteiger partial charge in [0.25, 0.3) is 0 Å². The van der Waals surface area contributed by atoms with Crippen LogP contribution in [0.1, 0.15) is 12.8 Å². The first-order chi connectivity index (χ1) is 4.66. The molecular formula is C4H9N2O3P. The molecule has 0 bridgehead atoms. The van der Waals surface area contributed by atoms with Gasteiger partial charge in [0.2, 0.25) is 5.91 Å². The van der Waals surface area contributed by atoms with E-state index >= 15 is 0 Å². The van der Waals surface area contributed by atoms with E-state index in [0.29, 0.717) is 0 Å². The quantitative estimate of drug-likeness (QED) is 0.378. The van der Waals surface area contributed by atoms with Crippen molar-refractivity contribution in [3.05, 3.63) is 0 Å². The number of nitrogens with one attached hydrogen (secondary N) is 2. The Morgan fingerprint density at radius 2 is 2.00 bits per heavy atom. The number of carboxylic acids is 1. The van der Waals surface area contributed by atoms with E-state index in [4.69, 9.17) is 5.11 Å². The standard InChI is InChI=1S/C4H9N2O3P/c7-3(5-6-10)1-2-4(8)9/h6H,1-2,10H2,(H,5,7)(H,8,9). The van der Waals surface area contributed by atoms with Crippen molar-refractivity contribution in [1.82, 2.24) is 10.6 Å². The lowest BCUT2D eigenvalue weighted by molar-refractivity contribution is -0.138. The molecule has 0 aromatic carbocycles. The van der Waals surface area contributed by atoms with E-state index < -0.39 is 5.97 Å². The normalized spacial score (nSPS) is 8.90. The van der Waals surface area contributed by atoms with E-state index in [9.17, 15) is 9.59 Å². The van der Waals surface area contributed by atoms with Gasteiger partial charge in [0.1, 0.15) is 0 Å². The highest BCUT2D eigenvalue weighted by molar-refractivity contribution is 7.13. The molecule has 0 aromatic heterocycles. The van der Waals surface area contributed by atoms with E-state index in [-0.39, 0.29) is 18.7 Å². The summed E-state index contributed by atoms with van der Waals surface area (Å²) in [5, 5.41) is 10.4. The van der Waals surface area contributed by atoms with Crippen molar-refractivity contribution in [2.24, 2.45) is 0 Å². The van der Waals surface area contributed by atoms with Gasteiger partial charge in [0.15, 0.2) is 0 Å². The Balaban J connectivity index is 3.30. The van der Waals surface area contributed by atoms with Crippen molar-refractivity contribution in [3.8, 4) is 0 Å². The van der Waals surface area contributed by atoms with Gasteiger partial charge >= 0.3 is 5.97 Å². The van der Waals surface area contributed by atoms with Crippen LogP contribution in [0.25, 0.3) is 0 Å². The van der Waals surface area contributed by atoms with Crippen molar-refractivity contribution >= 4 is 21.3 Å². The first kappa shape index (κ1) is 9.33. The van der Waals surface area contributed by atoms with Gasteiger partial charge in [-0.1, -0.05) is 0 Å². The summed E-state index contributed by atoms with van der Waals surface area (Å²) < 4.78 is 0. The molecule has 3 N–H and O–H groups in total. The third-order valence-electron chi connectivity index (χ3n) is 0.778. The molecule has 0 heterocycles. The molecule has 10 heavy (non-hydrogen) atoms. The fraction of sp³-hybridized carbons (Fsp3) is 0.500. The zero-order valence-electron chi connectivity index (χ0n) is 5.26. The van der Waals surface area contributed by atoms with E-state index in [2.05, 4.69) is 20.0 Å². The van der Waals surface area contributed by atoms with Crippen molar-refractivity contribution in [2.45, 2.75) is 12.8 Å². The summed E-state index contributed by atoms with van der Waals surface area (Å²) in [7, 11) is 2.07. The zero-order valence-corrected chi connectivity index (χ0v) is 6.41. The van der Waals surface area contributed by atoms with E-state index in [1.54, 1.807) is 0 Å². The van der Waals surface area contributed by atoms with Gasteiger partial charge in [-0.15, -0.1) is 0 Å². The minimum Gasteiger partial charge on any atom is -0.481 e. The van der Waals surface area contributed by atoms with Gasteiger partial charge in [-0.2, -0.15) is 0 Å². The van der Waals surface area contributed by atoms with Gasteiger partial charge in [-0.05, 0) is 9.39 Å². The molecule has 0 saturated carbocycles. The largest absolute Gasteiger partial charge is 0.481 e. The fourth-order valence-electron chi connectivity index (χ4n) is 0.363. The van der Waals surface area contributed by atoms with Gasteiger partial charge in [0, 0.05) is 6.42 Å². The lowest BCUT2D eigenvalue weighted by Crippen LogP contribution is -2.30. The van der Waals surface area contributed by atoms with Crippen molar-refractivity contribution in [1.29, 1.82) is 0 Å². The summed E-state index contributed by atoms with van der Waals surface area (Å²) in [5.74, 6) is -1.31. The summed E-state index contributed by atoms with van der Waals surface area (Å²) in [4.78, 5) is 20.4. The third-order valence-corrected chi connectivity index (χ3v) is 0.922. The topological polar surface area (TPSA) is 78.4 Å². The van der Waals surface area contributed by atoms with Crippen LogP contribution in [-0.4, -0.2) is 17.0 Å². The summed E-state index contributed by atoms with van der Waals surface area (Å²) in [6.45, 7) is 0. The second kappa shape index (κ2) is 5.14. The van der Waals surface area contributed by atoms with Crippen LogP contribution >= 0.6 is 9.39 Å². The number of hydrazine groups is 1. The van der Waals surface area contributed by atoms with Crippen LogP contribution < -0.4 is 10.6 Å². The molecule has 0 aromatic rings. The molecule has 0 rings (SSSR count). The molecule has 1 amide bonds. The maximum Gasteiger partial charge on any atom is 0.303 e. The summed E-state index contributed by atoms with van der Waals surface area (Å²) >= 11 is 0. The Morgan fingerprint density at radius 3 is 2.40 bits per heavy atom. The Labute approximate surface area is 60.4 Å². The van der Waals surface area contributed by atoms with Crippen molar-refractivity contribution in [3.63, 3.8) is 0 Å². The first-order valence-corrected chi connectivity index (χ1v) is 3.20. The molecule has 0 radical (unpaired) electrons. The minimum atomic E-state index is -0.973. The average Bonchev–Trinajstić information content (AvgIpc) is 1.85. The van der Waals surface area contributed by atoms with Crippen LogP contribution in [0, 0.1) is 0 Å². The molecule has 0 aliphatic rings. The van der Waals surface area contributed by atoms with Crippen LogP contribution in [0.5, 0.6) is 0 Å². The lowest BCUT2D eigenvalue weighted by Gasteiger charge is -1.98. The number of aliphatic carboxylic acids is 1.